The van der Waals surface area contributed by atoms with Crippen molar-refractivity contribution in [3.63, 3.8) is 0 Å². The second-order valence-corrected chi connectivity index (χ2v) is 4.42. The standard InChI is InChI=1S/C8H18N2O2S/c1-4-10(2)8(11)7-9-5-6-13(3)12/h9H,4-7H2,1-3H3. The molecule has 0 saturated heterocycles. The Morgan fingerprint density at radius 3 is 2.62 bits per heavy atom. The molecule has 0 aromatic rings. The van der Waals surface area contributed by atoms with Crippen molar-refractivity contribution in [1.82, 2.24) is 10.2 Å². The van der Waals surface area contributed by atoms with Crippen molar-refractivity contribution >= 4 is 16.7 Å². The minimum atomic E-state index is -0.780. The number of likely N-dealkylation sites (N-methyl/N-ethyl adjacent to an activating group) is 1. The summed E-state index contributed by atoms with van der Waals surface area (Å²) in [5, 5.41) is 2.95. The van der Waals surface area contributed by atoms with Crippen LogP contribution in [0, 0.1) is 0 Å². The fourth-order valence-corrected chi connectivity index (χ4v) is 1.15. The first-order chi connectivity index (χ1) is 6.07. The Morgan fingerprint density at radius 1 is 1.54 bits per heavy atom. The fraction of sp³-hybridized carbons (Fsp3) is 0.875. The Kier molecular flexibility index (Phi) is 6.80. The van der Waals surface area contributed by atoms with E-state index in [9.17, 15) is 9.00 Å². The van der Waals surface area contributed by atoms with Crippen LogP contribution < -0.4 is 5.32 Å². The number of rotatable bonds is 6. The van der Waals surface area contributed by atoms with Crippen LogP contribution in [0.25, 0.3) is 0 Å². The van der Waals surface area contributed by atoms with E-state index in [1.54, 1.807) is 18.2 Å². The van der Waals surface area contributed by atoms with Crippen LogP contribution in [0.1, 0.15) is 6.92 Å². The van der Waals surface area contributed by atoms with Crippen molar-refractivity contribution in [3.8, 4) is 0 Å². The van der Waals surface area contributed by atoms with Gasteiger partial charge in [0, 0.05) is 42.9 Å². The lowest BCUT2D eigenvalue weighted by molar-refractivity contribution is -0.128. The van der Waals surface area contributed by atoms with Gasteiger partial charge in [-0.25, -0.2) is 0 Å². The van der Waals surface area contributed by atoms with E-state index in [0.717, 1.165) is 6.54 Å². The molecule has 1 atom stereocenters. The van der Waals surface area contributed by atoms with Gasteiger partial charge in [-0.15, -0.1) is 0 Å². The van der Waals surface area contributed by atoms with E-state index >= 15 is 0 Å². The van der Waals surface area contributed by atoms with E-state index in [1.165, 1.54) is 0 Å². The highest BCUT2D eigenvalue weighted by Gasteiger charge is 2.04. The summed E-state index contributed by atoms with van der Waals surface area (Å²) in [6, 6.07) is 0. The number of hydrogen-bond donors (Lipinski definition) is 1. The zero-order valence-electron chi connectivity index (χ0n) is 8.50. The molecule has 0 aromatic heterocycles. The topological polar surface area (TPSA) is 49.4 Å². The van der Waals surface area contributed by atoms with E-state index in [1.807, 2.05) is 6.92 Å². The number of nitrogens with one attached hydrogen (secondary N) is 1. The molecule has 5 heteroatoms. The summed E-state index contributed by atoms with van der Waals surface area (Å²) in [4.78, 5) is 12.9. The molecule has 0 heterocycles. The average Bonchev–Trinajstić information content (AvgIpc) is 2.10. The summed E-state index contributed by atoms with van der Waals surface area (Å²) in [6.07, 6.45) is 1.65. The molecule has 1 unspecified atom stereocenters. The molecule has 0 spiro atoms. The van der Waals surface area contributed by atoms with Gasteiger partial charge in [0.05, 0.1) is 6.54 Å². The Morgan fingerprint density at radius 2 is 2.15 bits per heavy atom. The molecule has 1 N–H and O–H groups in total. The van der Waals surface area contributed by atoms with Crippen molar-refractivity contribution in [2.24, 2.45) is 0 Å². The summed E-state index contributed by atoms with van der Waals surface area (Å²) in [5.41, 5.74) is 0. The minimum absolute atomic E-state index is 0.0735. The van der Waals surface area contributed by atoms with Crippen molar-refractivity contribution in [2.75, 3.05) is 38.7 Å². The largest absolute Gasteiger partial charge is 0.345 e. The number of carbonyl (C=O) groups excluding carboxylic acids is 1. The summed E-state index contributed by atoms with van der Waals surface area (Å²) < 4.78 is 10.7. The molecule has 0 fully saturated rings. The molecule has 1 amide bonds. The van der Waals surface area contributed by atoms with Crippen LogP contribution in [0.2, 0.25) is 0 Å². The Bertz CT molecular complexity index is 185. The molecular formula is C8H18N2O2S. The van der Waals surface area contributed by atoms with E-state index in [-0.39, 0.29) is 5.91 Å². The van der Waals surface area contributed by atoms with Crippen LogP contribution in [0.5, 0.6) is 0 Å². The van der Waals surface area contributed by atoms with Gasteiger partial charge in [-0.2, -0.15) is 0 Å². The van der Waals surface area contributed by atoms with Gasteiger partial charge in [0.1, 0.15) is 0 Å². The molecule has 13 heavy (non-hydrogen) atoms. The smallest absolute Gasteiger partial charge is 0.236 e. The highest BCUT2D eigenvalue weighted by Crippen LogP contribution is 1.81. The van der Waals surface area contributed by atoms with E-state index in [2.05, 4.69) is 5.32 Å². The minimum Gasteiger partial charge on any atom is -0.345 e. The first kappa shape index (κ1) is 12.6. The van der Waals surface area contributed by atoms with Gasteiger partial charge in [0.25, 0.3) is 0 Å². The lowest BCUT2D eigenvalue weighted by Crippen LogP contribution is -2.36. The van der Waals surface area contributed by atoms with Crippen LogP contribution in [0.3, 0.4) is 0 Å². The van der Waals surface area contributed by atoms with Gasteiger partial charge in [-0.1, -0.05) is 0 Å². The molecule has 0 aromatic carbocycles. The molecule has 78 valence electrons. The normalized spacial score (nSPS) is 12.5. The third-order valence-electron chi connectivity index (χ3n) is 1.74. The zero-order valence-corrected chi connectivity index (χ0v) is 9.32. The van der Waals surface area contributed by atoms with E-state index < -0.39 is 10.8 Å². The fourth-order valence-electron chi connectivity index (χ4n) is 0.723. The molecule has 0 aliphatic rings. The Hall–Kier alpha value is -0.420. The van der Waals surface area contributed by atoms with Crippen molar-refractivity contribution in [3.05, 3.63) is 0 Å². The molecule has 0 aliphatic heterocycles. The zero-order chi connectivity index (χ0) is 10.3. The van der Waals surface area contributed by atoms with E-state index in [4.69, 9.17) is 0 Å². The first-order valence-corrected chi connectivity index (χ1v) is 6.05. The lowest BCUT2D eigenvalue weighted by Gasteiger charge is -2.14. The maximum atomic E-state index is 11.2. The second-order valence-electron chi connectivity index (χ2n) is 2.86. The highest BCUT2D eigenvalue weighted by molar-refractivity contribution is 7.84. The van der Waals surface area contributed by atoms with Gasteiger partial charge in [-0.3, -0.25) is 9.00 Å². The molecular weight excluding hydrogens is 188 g/mol. The van der Waals surface area contributed by atoms with Crippen molar-refractivity contribution < 1.29 is 9.00 Å². The molecule has 4 nitrogen and oxygen atoms in total. The number of nitrogens with zero attached hydrogens (tertiary/aromatic N) is 1. The van der Waals surface area contributed by atoms with Crippen LogP contribution in [-0.2, 0) is 15.6 Å². The van der Waals surface area contributed by atoms with Crippen LogP contribution in [-0.4, -0.2) is 53.7 Å². The molecule has 0 radical (unpaired) electrons. The molecule has 0 rings (SSSR count). The first-order valence-electron chi connectivity index (χ1n) is 4.32. The predicted octanol–water partition coefficient (Wildman–Crippen LogP) is -0.567. The number of carbonyl (C=O) groups is 1. The second kappa shape index (κ2) is 7.03. The summed E-state index contributed by atoms with van der Waals surface area (Å²) >= 11 is 0. The van der Waals surface area contributed by atoms with Crippen LogP contribution in [0.15, 0.2) is 0 Å². The van der Waals surface area contributed by atoms with Gasteiger partial charge in [0.15, 0.2) is 0 Å². The van der Waals surface area contributed by atoms with Crippen molar-refractivity contribution in [2.45, 2.75) is 6.92 Å². The predicted molar refractivity (Wildman–Crippen MR) is 55.1 cm³/mol. The number of amides is 1. The third-order valence-corrected chi connectivity index (χ3v) is 2.52. The molecule has 0 bridgehead atoms. The monoisotopic (exact) mass is 206 g/mol. The quantitative estimate of drug-likeness (QED) is 0.592. The van der Waals surface area contributed by atoms with Gasteiger partial charge in [-0.05, 0) is 6.92 Å². The van der Waals surface area contributed by atoms with Gasteiger partial charge >= 0.3 is 0 Å². The van der Waals surface area contributed by atoms with Crippen molar-refractivity contribution in [1.29, 1.82) is 0 Å². The van der Waals surface area contributed by atoms with Crippen LogP contribution in [0.4, 0.5) is 0 Å². The van der Waals surface area contributed by atoms with E-state index in [0.29, 0.717) is 18.8 Å². The molecule has 0 aliphatic carbocycles. The summed E-state index contributed by atoms with van der Waals surface area (Å²) in [5.74, 6) is 0.674. The Balaban J connectivity index is 3.42. The average molecular weight is 206 g/mol. The summed E-state index contributed by atoms with van der Waals surface area (Å²) in [6.45, 7) is 3.62. The van der Waals surface area contributed by atoms with Gasteiger partial charge in [0.2, 0.25) is 5.91 Å². The molecule has 0 saturated carbocycles. The maximum Gasteiger partial charge on any atom is 0.236 e. The van der Waals surface area contributed by atoms with Gasteiger partial charge < -0.3 is 10.2 Å². The highest BCUT2D eigenvalue weighted by atomic mass is 32.2. The summed E-state index contributed by atoms with van der Waals surface area (Å²) in [7, 11) is 0.986. The lowest BCUT2D eigenvalue weighted by atomic mass is 10.5. The van der Waals surface area contributed by atoms with Crippen LogP contribution >= 0.6 is 0 Å². The SMILES string of the molecule is CCN(C)C(=O)CNCCS(C)=O. The number of hydrogen-bond acceptors (Lipinski definition) is 3. The third kappa shape index (κ3) is 6.72. The maximum absolute atomic E-state index is 11.2. The Labute approximate surface area is 82.1 Å².